The van der Waals surface area contributed by atoms with Crippen LogP contribution in [0.15, 0.2) is 43.0 Å². The Balaban J connectivity index is 1.46. The predicted octanol–water partition coefficient (Wildman–Crippen LogP) is 1.02. The average molecular weight is 315 g/mol. The van der Waals surface area contributed by atoms with Crippen LogP contribution in [0.5, 0.6) is 0 Å². The molecule has 0 bridgehead atoms. The Bertz CT molecular complexity index is 574. The van der Waals surface area contributed by atoms with Gasteiger partial charge in [0.2, 0.25) is 0 Å². The summed E-state index contributed by atoms with van der Waals surface area (Å²) in [6.45, 7) is 7.84. The van der Waals surface area contributed by atoms with Crippen LogP contribution in [0.1, 0.15) is 18.6 Å². The summed E-state index contributed by atoms with van der Waals surface area (Å²) in [5.41, 5.74) is 0.994. The maximum Gasteiger partial charge on any atom is 0.137 e. The molecule has 23 heavy (non-hydrogen) atoms. The lowest BCUT2D eigenvalue weighted by Gasteiger charge is -2.40. The van der Waals surface area contributed by atoms with E-state index in [1.165, 1.54) is 0 Å². The second kappa shape index (κ2) is 7.68. The quantitative estimate of drug-likeness (QED) is 0.862. The van der Waals surface area contributed by atoms with Gasteiger partial charge in [-0.1, -0.05) is 30.3 Å². The number of piperazine rings is 1. The van der Waals surface area contributed by atoms with Gasteiger partial charge in [0.05, 0.1) is 12.6 Å². The van der Waals surface area contributed by atoms with Crippen molar-refractivity contribution < 1.29 is 5.11 Å². The van der Waals surface area contributed by atoms with Crippen LogP contribution in [0.2, 0.25) is 0 Å². The molecule has 0 unspecified atom stereocenters. The van der Waals surface area contributed by atoms with Crippen LogP contribution >= 0.6 is 0 Å². The molecule has 2 atom stereocenters. The second-order valence-electron chi connectivity index (χ2n) is 6.23. The maximum atomic E-state index is 10.4. The molecule has 1 aliphatic rings. The normalized spacial score (nSPS) is 21.4. The highest BCUT2D eigenvalue weighted by Crippen LogP contribution is 2.17. The monoisotopic (exact) mass is 315 g/mol. The highest BCUT2D eigenvalue weighted by Gasteiger charge is 2.25. The number of aliphatic hydroxyl groups is 1. The highest BCUT2D eigenvalue weighted by atomic mass is 16.3. The molecule has 124 valence electrons. The smallest absolute Gasteiger partial charge is 0.137 e. The van der Waals surface area contributed by atoms with E-state index in [9.17, 15) is 5.11 Å². The van der Waals surface area contributed by atoms with Crippen molar-refractivity contribution in [3.63, 3.8) is 0 Å². The first-order valence-electron chi connectivity index (χ1n) is 8.24. The molecule has 1 aromatic heterocycles. The van der Waals surface area contributed by atoms with E-state index in [1.807, 2.05) is 35.0 Å². The fourth-order valence-electron chi connectivity index (χ4n) is 3.14. The molecule has 3 rings (SSSR count). The Hall–Kier alpha value is -1.76. The van der Waals surface area contributed by atoms with Gasteiger partial charge in [0.25, 0.3) is 0 Å². The minimum absolute atomic E-state index is 0.416. The van der Waals surface area contributed by atoms with Crippen molar-refractivity contribution >= 4 is 0 Å². The van der Waals surface area contributed by atoms with E-state index in [2.05, 4.69) is 26.8 Å². The summed E-state index contributed by atoms with van der Waals surface area (Å²) < 4.78 is 1.87. The Labute approximate surface area is 137 Å². The molecule has 6 nitrogen and oxygen atoms in total. The van der Waals surface area contributed by atoms with Gasteiger partial charge >= 0.3 is 0 Å². The largest absolute Gasteiger partial charge is 0.387 e. The van der Waals surface area contributed by atoms with Crippen molar-refractivity contribution in [2.45, 2.75) is 25.6 Å². The summed E-state index contributed by atoms with van der Waals surface area (Å²) in [4.78, 5) is 8.81. The number of β-amino-alcohol motifs (C(OH)–C–C–N with tert-alkyl or cyclic N) is 1. The third-order valence-corrected chi connectivity index (χ3v) is 4.55. The van der Waals surface area contributed by atoms with Crippen LogP contribution in [0.4, 0.5) is 0 Å². The van der Waals surface area contributed by atoms with Gasteiger partial charge in [-0.15, -0.1) is 0 Å². The van der Waals surface area contributed by atoms with Crippen LogP contribution in [-0.2, 0) is 6.54 Å². The molecule has 1 N–H and O–H groups in total. The molecule has 2 aromatic rings. The van der Waals surface area contributed by atoms with Gasteiger partial charge in [-0.3, -0.25) is 14.5 Å². The first-order chi connectivity index (χ1) is 11.2. The number of aliphatic hydroxyl groups excluding tert-OH is 1. The van der Waals surface area contributed by atoms with E-state index in [4.69, 9.17) is 0 Å². The molecular formula is C17H25N5O. The highest BCUT2D eigenvalue weighted by molar-refractivity contribution is 5.17. The molecule has 0 radical (unpaired) electrons. The maximum absolute atomic E-state index is 10.4. The fourth-order valence-corrected chi connectivity index (χ4v) is 3.14. The van der Waals surface area contributed by atoms with Crippen LogP contribution < -0.4 is 0 Å². The predicted molar refractivity (Wildman–Crippen MR) is 88.9 cm³/mol. The zero-order valence-electron chi connectivity index (χ0n) is 13.6. The molecular weight excluding hydrogens is 290 g/mol. The molecule has 0 saturated carbocycles. The zero-order valence-corrected chi connectivity index (χ0v) is 13.6. The van der Waals surface area contributed by atoms with Crippen LogP contribution in [0, 0.1) is 0 Å². The third-order valence-electron chi connectivity index (χ3n) is 4.55. The topological polar surface area (TPSA) is 57.4 Å². The molecule has 6 heteroatoms. The Morgan fingerprint density at radius 3 is 2.74 bits per heavy atom. The summed E-state index contributed by atoms with van der Waals surface area (Å²) in [5, 5.41) is 14.6. The van der Waals surface area contributed by atoms with Gasteiger partial charge in [-0.2, -0.15) is 5.10 Å². The minimum atomic E-state index is -0.416. The van der Waals surface area contributed by atoms with Crippen molar-refractivity contribution in [3.05, 3.63) is 48.5 Å². The first kappa shape index (κ1) is 16.1. The number of aromatic nitrogens is 3. The van der Waals surface area contributed by atoms with Gasteiger partial charge in [0, 0.05) is 38.8 Å². The molecule has 0 spiro atoms. The lowest BCUT2D eigenvalue weighted by atomic mass is 10.1. The minimum Gasteiger partial charge on any atom is -0.387 e. The van der Waals surface area contributed by atoms with Crippen LogP contribution in [-0.4, -0.2) is 68.4 Å². The van der Waals surface area contributed by atoms with Crippen molar-refractivity contribution in [2.75, 3.05) is 32.7 Å². The summed E-state index contributed by atoms with van der Waals surface area (Å²) in [5.74, 6) is 0. The number of benzene rings is 1. The SMILES string of the molecule is C[C@H]1CN(CCn2cncn2)CCN1C[C@@H](O)c1ccccc1. The standard InChI is InChI=1S/C17H25N5O/c1-15-11-20(8-10-22-14-18-13-19-22)7-9-21(15)12-17(23)16-5-3-2-4-6-16/h2-6,13-15,17,23H,7-12H2,1H3/t15-,17+/m0/s1. The van der Waals surface area contributed by atoms with Gasteiger partial charge in [0.15, 0.2) is 0 Å². The van der Waals surface area contributed by atoms with Crippen molar-refractivity contribution in [3.8, 4) is 0 Å². The van der Waals surface area contributed by atoms with Crippen molar-refractivity contribution in [1.29, 1.82) is 0 Å². The van der Waals surface area contributed by atoms with Gasteiger partial charge in [0.1, 0.15) is 12.7 Å². The Kier molecular flexibility index (Phi) is 5.38. The third kappa shape index (κ3) is 4.37. The molecule has 1 saturated heterocycles. The molecule has 0 amide bonds. The fraction of sp³-hybridized carbons (Fsp3) is 0.529. The number of rotatable bonds is 6. The average Bonchev–Trinajstić information content (AvgIpc) is 3.09. The summed E-state index contributed by atoms with van der Waals surface area (Å²) >= 11 is 0. The molecule has 0 aliphatic carbocycles. The van der Waals surface area contributed by atoms with Crippen LogP contribution in [0.25, 0.3) is 0 Å². The number of nitrogens with zero attached hydrogens (tertiary/aromatic N) is 5. The van der Waals surface area contributed by atoms with Gasteiger partial charge in [-0.25, -0.2) is 4.98 Å². The molecule has 1 aromatic carbocycles. The molecule has 1 aliphatic heterocycles. The Morgan fingerprint density at radius 1 is 1.22 bits per heavy atom. The summed E-state index contributed by atoms with van der Waals surface area (Å²) in [7, 11) is 0. The number of hydrogen-bond acceptors (Lipinski definition) is 5. The summed E-state index contributed by atoms with van der Waals surface area (Å²) in [6.07, 6.45) is 2.92. The van der Waals surface area contributed by atoms with Crippen LogP contribution in [0.3, 0.4) is 0 Å². The molecule has 2 heterocycles. The van der Waals surface area contributed by atoms with E-state index in [-0.39, 0.29) is 0 Å². The van der Waals surface area contributed by atoms with E-state index >= 15 is 0 Å². The van der Waals surface area contributed by atoms with E-state index in [0.717, 1.165) is 38.3 Å². The summed E-state index contributed by atoms with van der Waals surface area (Å²) in [6, 6.07) is 10.4. The lowest BCUT2D eigenvalue weighted by Crippen LogP contribution is -2.53. The zero-order chi connectivity index (χ0) is 16.1. The molecule has 1 fully saturated rings. The first-order valence-corrected chi connectivity index (χ1v) is 8.24. The van der Waals surface area contributed by atoms with Crippen molar-refractivity contribution in [1.82, 2.24) is 24.6 Å². The van der Waals surface area contributed by atoms with Crippen molar-refractivity contribution in [2.24, 2.45) is 0 Å². The second-order valence-corrected chi connectivity index (χ2v) is 6.23. The number of hydrogen-bond donors (Lipinski definition) is 1. The van der Waals surface area contributed by atoms with E-state index in [1.54, 1.807) is 12.7 Å². The lowest BCUT2D eigenvalue weighted by molar-refractivity contribution is 0.0375. The van der Waals surface area contributed by atoms with Gasteiger partial charge < -0.3 is 5.11 Å². The van der Waals surface area contributed by atoms with E-state index in [0.29, 0.717) is 12.6 Å². The Morgan fingerprint density at radius 2 is 2.04 bits per heavy atom. The van der Waals surface area contributed by atoms with Gasteiger partial charge in [-0.05, 0) is 12.5 Å². The van der Waals surface area contributed by atoms with E-state index < -0.39 is 6.10 Å².